The number of ether oxygens (including phenoxy) is 1. The number of H-pyrrole nitrogens is 1. The zero-order valence-corrected chi connectivity index (χ0v) is 12.3. The number of hydrogen-bond acceptors (Lipinski definition) is 8. The quantitative estimate of drug-likeness (QED) is 0.382. The highest BCUT2D eigenvalue weighted by Gasteiger charge is 2.45. The molecule has 0 bridgehead atoms. The van der Waals surface area contributed by atoms with Crippen LogP contribution in [0.1, 0.15) is 6.23 Å². The summed E-state index contributed by atoms with van der Waals surface area (Å²) in [4.78, 5) is 39.1. The van der Waals surface area contributed by atoms with Gasteiger partial charge in [-0.1, -0.05) is 0 Å². The van der Waals surface area contributed by atoms with Crippen molar-refractivity contribution in [3.05, 3.63) is 23.0 Å². The van der Waals surface area contributed by atoms with Crippen molar-refractivity contribution in [3.63, 3.8) is 0 Å². The number of aliphatic hydroxyl groups excluding tert-OH is 2. The molecule has 0 unspecified atom stereocenters. The summed E-state index contributed by atoms with van der Waals surface area (Å²) in [6, 6.07) is 0. The van der Waals surface area contributed by atoms with Gasteiger partial charge in [-0.15, -0.1) is 0 Å². The van der Waals surface area contributed by atoms with Crippen LogP contribution >= 0.6 is 7.82 Å². The Morgan fingerprint density at radius 1 is 1.35 bits per heavy atom. The Labute approximate surface area is 127 Å². The number of nitrogens with one attached hydrogen (secondary N) is 1. The lowest BCUT2D eigenvalue weighted by Crippen LogP contribution is -2.33. The molecule has 1 fully saturated rings. The molecule has 0 saturated carbocycles. The summed E-state index contributed by atoms with van der Waals surface area (Å²) in [6.45, 7) is -0.625. The number of fused-ring (bicyclic) bond motifs is 1. The van der Waals surface area contributed by atoms with E-state index in [1.165, 1.54) is 10.9 Å². The standard InChI is InChI=1S/C10H13N4O8P/c15-6-4(1-21-23(18,19)20)22-10(7(6)16)14-3-13-5-8(14)11-2-12-9(5)17/h2-4,6-7,10,15-16H,1H2,(H,11,12,17)(H2,18,19,20)/t4-,6+,7-,10+/m0/s1. The summed E-state index contributed by atoms with van der Waals surface area (Å²) in [5, 5.41) is 20.0. The van der Waals surface area contributed by atoms with E-state index in [0.717, 1.165) is 6.33 Å². The molecule has 23 heavy (non-hydrogen) atoms. The fourth-order valence-corrected chi connectivity index (χ4v) is 2.66. The van der Waals surface area contributed by atoms with Gasteiger partial charge in [0.1, 0.15) is 18.3 Å². The van der Waals surface area contributed by atoms with Gasteiger partial charge < -0.3 is 29.7 Å². The van der Waals surface area contributed by atoms with E-state index in [9.17, 15) is 19.6 Å². The molecule has 5 N–H and O–H groups in total. The summed E-state index contributed by atoms with van der Waals surface area (Å²) in [7, 11) is -4.74. The molecule has 1 aliphatic rings. The number of aromatic amines is 1. The number of imidazole rings is 1. The predicted molar refractivity (Wildman–Crippen MR) is 72.1 cm³/mol. The van der Waals surface area contributed by atoms with Crippen LogP contribution in [0.4, 0.5) is 0 Å². The maximum atomic E-state index is 11.6. The van der Waals surface area contributed by atoms with E-state index in [0.29, 0.717) is 0 Å². The minimum Gasteiger partial charge on any atom is -0.387 e. The zero-order chi connectivity index (χ0) is 16.8. The van der Waals surface area contributed by atoms with Crippen LogP contribution in [-0.2, 0) is 13.8 Å². The van der Waals surface area contributed by atoms with E-state index in [2.05, 4.69) is 19.5 Å². The van der Waals surface area contributed by atoms with Crippen LogP contribution in [-0.4, -0.2) is 64.4 Å². The SMILES string of the molecule is O=c1[nH]cnc2c1ncn2[C@@H]1O[C@@H](COP(=O)(O)O)[C@@H](O)[C@@H]1O. The van der Waals surface area contributed by atoms with Crippen molar-refractivity contribution in [3.8, 4) is 0 Å². The second-order valence-electron chi connectivity index (χ2n) is 4.89. The first-order valence-corrected chi connectivity index (χ1v) is 7.93. The lowest BCUT2D eigenvalue weighted by molar-refractivity contribution is -0.0504. The van der Waals surface area contributed by atoms with Crippen LogP contribution in [0, 0.1) is 0 Å². The molecule has 1 aliphatic heterocycles. The van der Waals surface area contributed by atoms with Gasteiger partial charge in [-0.2, -0.15) is 0 Å². The van der Waals surface area contributed by atoms with Gasteiger partial charge in [-0.25, -0.2) is 14.5 Å². The van der Waals surface area contributed by atoms with Crippen molar-refractivity contribution in [1.29, 1.82) is 0 Å². The molecule has 2 aromatic rings. The molecule has 1 saturated heterocycles. The van der Waals surface area contributed by atoms with E-state index in [1.54, 1.807) is 0 Å². The van der Waals surface area contributed by atoms with Gasteiger partial charge in [0, 0.05) is 0 Å². The molecule has 3 heterocycles. The van der Waals surface area contributed by atoms with Gasteiger partial charge in [0.2, 0.25) is 0 Å². The lowest BCUT2D eigenvalue weighted by Gasteiger charge is -2.16. The lowest BCUT2D eigenvalue weighted by atomic mass is 10.1. The Kier molecular flexibility index (Phi) is 4.06. The highest BCUT2D eigenvalue weighted by atomic mass is 31.2. The van der Waals surface area contributed by atoms with Gasteiger partial charge in [-0.3, -0.25) is 13.9 Å². The molecule has 0 radical (unpaired) electrons. The molecule has 0 aromatic carbocycles. The molecule has 126 valence electrons. The Balaban J connectivity index is 1.87. The summed E-state index contributed by atoms with van der Waals surface area (Å²) in [5.74, 6) is 0. The van der Waals surface area contributed by atoms with Crippen LogP contribution in [0.3, 0.4) is 0 Å². The minimum absolute atomic E-state index is 0.0210. The maximum Gasteiger partial charge on any atom is 0.469 e. The Hall–Kier alpha value is -1.66. The number of rotatable bonds is 4. The largest absolute Gasteiger partial charge is 0.469 e. The van der Waals surface area contributed by atoms with Crippen LogP contribution in [0.2, 0.25) is 0 Å². The molecule has 0 amide bonds. The van der Waals surface area contributed by atoms with Crippen LogP contribution < -0.4 is 5.56 Å². The van der Waals surface area contributed by atoms with Crippen molar-refractivity contribution in [1.82, 2.24) is 19.5 Å². The highest BCUT2D eigenvalue weighted by Crippen LogP contribution is 2.38. The van der Waals surface area contributed by atoms with Crippen molar-refractivity contribution in [2.75, 3.05) is 6.61 Å². The molecule has 0 spiro atoms. The molecule has 2 aromatic heterocycles. The second-order valence-corrected chi connectivity index (χ2v) is 6.13. The predicted octanol–water partition coefficient (Wildman–Crippen LogP) is -2.15. The second kappa shape index (κ2) is 5.76. The topological polar surface area (TPSA) is 180 Å². The van der Waals surface area contributed by atoms with Gasteiger partial charge >= 0.3 is 7.82 Å². The zero-order valence-electron chi connectivity index (χ0n) is 11.4. The highest BCUT2D eigenvalue weighted by molar-refractivity contribution is 7.46. The summed E-state index contributed by atoms with van der Waals surface area (Å²) >= 11 is 0. The van der Waals surface area contributed by atoms with E-state index in [1.807, 2.05) is 0 Å². The van der Waals surface area contributed by atoms with Crippen molar-refractivity contribution in [2.45, 2.75) is 24.5 Å². The van der Waals surface area contributed by atoms with Crippen LogP contribution in [0.5, 0.6) is 0 Å². The first-order chi connectivity index (χ1) is 10.8. The third kappa shape index (κ3) is 3.05. The average Bonchev–Trinajstić information content (AvgIpc) is 3.01. The van der Waals surface area contributed by atoms with E-state index < -0.39 is 44.5 Å². The number of nitrogens with zero attached hydrogens (tertiary/aromatic N) is 3. The normalized spacial score (nSPS) is 28.5. The summed E-state index contributed by atoms with van der Waals surface area (Å²) in [5.41, 5.74) is -0.336. The first kappa shape index (κ1) is 16.2. The van der Waals surface area contributed by atoms with Gasteiger partial charge in [0.15, 0.2) is 17.4 Å². The van der Waals surface area contributed by atoms with Crippen molar-refractivity contribution < 1.29 is 33.8 Å². The van der Waals surface area contributed by atoms with Crippen LogP contribution in [0.15, 0.2) is 17.4 Å². The van der Waals surface area contributed by atoms with Crippen molar-refractivity contribution >= 4 is 19.0 Å². The number of aromatic nitrogens is 4. The van der Waals surface area contributed by atoms with Gasteiger partial charge in [0.25, 0.3) is 5.56 Å². The molecule has 4 atom stereocenters. The van der Waals surface area contributed by atoms with Crippen LogP contribution in [0.25, 0.3) is 11.2 Å². The van der Waals surface area contributed by atoms with E-state index >= 15 is 0 Å². The third-order valence-corrected chi connectivity index (χ3v) is 3.87. The first-order valence-electron chi connectivity index (χ1n) is 6.40. The van der Waals surface area contributed by atoms with E-state index in [-0.39, 0.29) is 11.2 Å². The Morgan fingerprint density at radius 3 is 2.78 bits per heavy atom. The number of phosphoric ester groups is 1. The monoisotopic (exact) mass is 348 g/mol. The summed E-state index contributed by atoms with van der Waals surface area (Å²) < 4.78 is 21.6. The molecular weight excluding hydrogens is 335 g/mol. The Bertz CT molecular complexity index is 815. The van der Waals surface area contributed by atoms with Crippen molar-refractivity contribution in [2.24, 2.45) is 0 Å². The molecule has 12 nitrogen and oxygen atoms in total. The van der Waals surface area contributed by atoms with Gasteiger partial charge in [0.05, 0.1) is 19.3 Å². The molecule has 0 aliphatic carbocycles. The third-order valence-electron chi connectivity index (χ3n) is 3.38. The number of aliphatic hydroxyl groups is 2. The summed E-state index contributed by atoms with van der Waals surface area (Å²) in [6.07, 6.45) is -2.85. The fraction of sp³-hybridized carbons (Fsp3) is 0.500. The molecular formula is C10H13N4O8P. The Morgan fingerprint density at radius 2 is 2.09 bits per heavy atom. The average molecular weight is 348 g/mol. The number of phosphoric acid groups is 1. The molecule has 13 heteroatoms. The van der Waals surface area contributed by atoms with E-state index in [4.69, 9.17) is 14.5 Å². The number of hydrogen-bond donors (Lipinski definition) is 5. The fourth-order valence-electron chi connectivity index (χ4n) is 2.32. The smallest absolute Gasteiger partial charge is 0.387 e. The van der Waals surface area contributed by atoms with Gasteiger partial charge in [-0.05, 0) is 0 Å². The maximum absolute atomic E-state index is 11.6. The molecule has 3 rings (SSSR count). The minimum atomic E-state index is -4.74.